The van der Waals surface area contributed by atoms with E-state index >= 15 is 0 Å². The van der Waals surface area contributed by atoms with E-state index in [-0.39, 0.29) is 18.0 Å². The fourth-order valence-corrected chi connectivity index (χ4v) is 1.07. The first-order valence-corrected chi connectivity index (χ1v) is 5.72. The molecule has 0 unspecified atom stereocenters. The lowest BCUT2D eigenvalue weighted by atomic mass is 10.1. The number of nitrogens with one attached hydrogen (secondary N) is 3. The summed E-state index contributed by atoms with van der Waals surface area (Å²) in [5.41, 5.74) is -0.0672. The van der Waals surface area contributed by atoms with Gasteiger partial charge in [0.2, 0.25) is 5.91 Å². The topological polar surface area (TPSA) is 65.5 Å². The van der Waals surface area contributed by atoms with Crippen LogP contribution in [0.1, 0.15) is 34.6 Å². The Labute approximate surface area is 98.1 Å². The van der Waals surface area contributed by atoms with E-state index in [1.807, 2.05) is 34.6 Å². The molecule has 0 radical (unpaired) electrons. The molecule has 0 atom stereocenters. The summed E-state index contributed by atoms with van der Waals surface area (Å²) in [6.07, 6.45) is 0. The predicted octanol–water partition coefficient (Wildman–Crippen LogP) is 0.476. The lowest BCUT2D eigenvalue weighted by Crippen LogP contribution is -2.48. The highest BCUT2D eigenvalue weighted by Crippen LogP contribution is 1.97. The molecule has 0 bridgehead atoms. The van der Waals surface area contributed by atoms with Gasteiger partial charge in [0.05, 0.1) is 0 Å². The van der Waals surface area contributed by atoms with Crippen molar-refractivity contribution in [2.45, 2.75) is 40.2 Å². The van der Waals surface area contributed by atoms with E-state index in [1.165, 1.54) is 0 Å². The molecule has 0 aromatic rings. The van der Waals surface area contributed by atoms with Gasteiger partial charge in [-0.1, -0.05) is 0 Å². The van der Waals surface area contributed by atoms with E-state index in [0.29, 0.717) is 12.5 Å². The normalized spacial score (nSPS) is 12.2. The molecule has 1 amide bonds. The molecule has 0 rings (SSSR count). The summed E-state index contributed by atoms with van der Waals surface area (Å²) in [7, 11) is 0. The molecule has 94 valence electrons. The van der Waals surface area contributed by atoms with Crippen molar-refractivity contribution in [2.24, 2.45) is 4.99 Å². The average Bonchev–Trinajstić information content (AvgIpc) is 2.13. The third-order valence-corrected chi connectivity index (χ3v) is 1.59. The van der Waals surface area contributed by atoms with Crippen molar-refractivity contribution in [1.29, 1.82) is 0 Å². The van der Waals surface area contributed by atoms with Crippen molar-refractivity contribution < 1.29 is 4.79 Å². The van der Waals surface area contributed by atoms with Gasteiger partial charge in [0, 0.05) is 18.6 Å². The summed E-state index contributed by atoms with van der Waals surface area (Å²) < 4.78 is 0. The predicted molar refractivity (Wildman–Crippen MR) is 67.6 cm³/mol. The molecule has 0 aliphatic heterocycles. The largest absolute Gasteiger partial charge is 0.357 e. The van der Waals surface area contributed by atoms with Gasteiger partial charge in [-0.25, -0.2) is 4.99 Å². The van der Waals surface area contributed by atoms with Crippen LogP contribution in [0.3, 0.4) is 0 Å². The zero-order valence-corrected chi connectivity index (χ0v) is 11.0. The highest BCUT2D eigenvalue weighted by molar-refractivity contribution is 5.85. The zero-order valence-electron chi connectivity index (χ0n) is 11.0. The minimum absolute atomic E-state index is 0.0615. The minimum Gasteiger partial charge on any atom is -0.357 e. The SMILES string of the molecule is CCNC(=O)CN=C(NCC)NC(C)(C)C. The highest BCUT2D eigenvalue weighted by Gasteiger charge is 2.11. The molecule has 0 spiro atoms. The van der Waals surface area contributed by atoms with Gasteiger partial charge in [0.1, 0.15) is 6.54 Å². The van der Waals surface area contributed by atoms with Crippen LogP contribution in [-0.2, 0) is 4.79 Å². The number of guanidine groups is 1. The van der Waals surface area contributed by atoms with Gasteiger partial charge in [0.25, 0.3) is 0 Å². The first-order valence-electron chi connectivity index (χ1n) is 5.72. The zero-order chi connectivity index (χ0) is 12.6. The molecular formula is C11H24N4O. The maximum Gasteiger partial charge on any atom is 0.241 e. The summed E-state index contributed by atoms with van der Waals surface area (Å²) >= 11 is 0. The first kappa shape index (κ1) is 14.7. The second-order valence-corrected chi connectivity index (χ2v) is 4.52. The van der Waals surface area contributed by atoms with Gasteiger partial charge in [0.15, 0.2) is 5.96 Å². The smallest absolute Gasteiger partial charge is 0.241 e. The molecule has 0 fully saturated rings. The quantitative estimate of drug-likeness (QED) is 0.484. The number of hydrogen-bond donors (Lipinski definition) is 3. The molecule has 0 aromatic carbocycles. The van der Waals surface area contributed by atoms with Gasteiger partial charge in [-0.05, 0) is 34.6 Å². The molecule has 5 nitrogen and oxygen atoms in total. The van der Waals surface area contributed by atoms with Gasteiger partial charge < -0.3 is 16.0 Å². The van der Waals surface area contributed by atoms with E-state index in [0.717, 1.165) is 6.54 Å². The van der Waals surface area contributed by atoms with E-state index in [4.69, 9.17) is 0 Å². The second kappa shape index (κ2) is 7.09. The van der Waals surface area contributed by atoms with E-state index in [2.05, 4.69) is 20.9 Å². The Morgan fingerprint density at radius 2 is 1.69 bits per heavy atom. The van der Waals surface area contributed by atoms with Crippen molar-refractivity contribution >= 4 is 11.9 Å². The van der Waals surface area contributed by atoms with Crippen LogP contribution in [0.25, 0.3) is 0 Å². The number of rotatable bonds is 4. The number of amides is 1. The van der Waals surface area contributed by atoms with Crippen molar-refractivity contribution in [1.82, 2.24) is 16.0 Å². The molecule has 0 saturated carbocycles. The molecule has 0 heterocycles. The molecule has 5 heteroatoms. The number of carbonyl (C=O) groups excluding carboxylic acids is 1. The number of likely N-dealkylation sites (N-methyl/N-ethyl adjacent to an activating group) is 1. The number of hydrogen-bond acceptors (Lipinski definition) is 2. The second-order valence-electron chi connectivity index (χ2n) is 4.52. The first-order chi connectivity index (χ1) is 7.39. The van der Waals surface area contributed by atoms with Crippen LogP contribution in [0.5, 0.6) is 0 Å². The maximum atomic E-state index is 11.2. The summed E-state index contributed by atoms with van der Waals surface area (Å²) in [5.74, 6) is 0.606. The number of nitrogens with zero attached hydrogens (tertiary/aromatic N) is 1. The van der Waals surface area contributed by atoms with Gasteiger partial charge in [-0.2, -0.15) is 0 Å². The summed E-state index contributed by atoms with van der Waals surface area (Å²) in [6.45, 7) is 11.6. The molecule has 0 saturated heterocycles. The number of carbonyl (C=O) groups is 1. The summed E-state index contributed by atoms with van der Waals surface area (Å²) in [4.78, 5) is 15.4. The lowest BCUT2D eigenvalue weighted by Gasteiger charge is -2.23. The average molecular weight is 228 g/mol. The molecular weight excluding hydrogens is 204 g/mol. The van der Waals surface area contributed by atoms with Crippen molar-refractivity contribution in [3.05, 3.63) is 0 Å². The van der Waals surface area contributed by atoms with Gasteiger partial charge in [-0.15, -0.1) is 0 Å². The molecule has 0 aromatic heterocycles. The lowest BCUT2D eigenvalue weighted by molar-refractivity contribution is -0.119. The molecule has 0 aliphatic carbocycles. The fourth-order valence-electron chi connectivity index (χ4n) is 1.07. The Hall–Kier alpha value is -1.26. The Balaban J connectivity index is 4.29. The van der Waals surface area contributed by atoms with Crippen LogP contribution in [0, 0.1) is 0 Å². The molecule has 16 heavy (non-hydrogen) atoms. The van der Waals surface area contributed by atoms with E-state index < -0.39 is 0 Å². The summed E-state index contributed by atoms with van der Waals surface area (Å²) in [6, 6.07) is 0. The Kier molecular flexibility index (Phi) is 6.53. The summed E-state index contributed by atoms with van der Waals surface area (Å²) in [5, 5.41) is 9.01. The Morgan fingerprint density at radius 1 is 1.12 bits per heavy atom. The Morgan fingerprint density at radius 3 is 2.12 bits per heavy atom. The van der Waals surface area contributed by atoms with Crippen molar-refractivity contribution in [2.75, 3.05) is 19.6 Å². The van der Waals surface area contributed by atoms with Crippen LogP contribution in [0.2, 0.25) is 0 Å². The maximum absolute atomic E-state index is 11.2. The Bertz CT molecular complexity index is 243. The van der Waals surface area contributed by atoms with E-state index in [1.54, 1.807) is 0 Å². The fraction of sp³-hybridized carbons (Fsp3) is 0.818. The minimum atomic E-state index is -0.0672. The number of aliphatic imine (C=N–C) groups is 1. The highest BCUT2D eigenvalue weighted by atomic mass is 16.1. The third kappa shape index (κ3) is 8.08. The van der Waals surface area contributed by atoms with Gasteiger partial charge in [-0.3, -0.25) is 4.79 Å². The van der Waals surface area contributed by atoms with Crippen LogP contribution in [0.15, 0.2) is 4.99 Å². The monoisotopic (exact) mass is 228 g/mol. The van der Waals surface area contributed by atoms with Crippen LogP contribution < -0.4 is 16.0 Å². The van der Waals surface area contributed by atoms with Crippen LogP contribution >= 0.6 is 0 Å². The van der Waals surface area contributed by atoms with Crippen LogP contribution in [0.4, 0.5) is 0 Å². The standard InChI is InChI=1S/C11H24N4O/c1-6-12-9(16)8-14-10(13-7-2)15-11(3,4)5/h6-8H2,1-5H3,(H,12,16)(H2,13,14,15). The van der Waals surface area contributed by atoms with E-state index in [9.17, 15) is 4.79 Å². The third-order valence-electron chi connectivity index (χ3n) is 1.59. The molecule has 0 aliphatic rings. The molecule has 3 N–H and O–H groups in total. The van der Waals surface area contributed by atoms with Crippen molar-refractivity contribution in [3.63, 3.8) is 0 Å². The van der Waals surface area contributed by atoms with Crippen LogP contribution in [-0.4, -0.2) is 37.0 Å². The van der Waals surface area contributed by atoms with Gasteiger partial charge >= 0.3 is 0 Å². The van der Waals surface area contributed by atoms with Crippen molar-refractivity contribution in [3.8, 4) is 0 Å².